The van der Waals surface area contributed by atoms with Gasteiger partial charge in [-0.2, -0.15) is 0 Å². The largest absolute Gasteiger partial charge is 0.368 e. The molecule has 0 bridgehead atoms. The van der Waals surface area contributed by atoms with Gasteiger partial charge in [0.05, 0.1) is 6.54 Å². The number of nitrogens with zero attached hydrogens (tertiary/aromatic N) is 3. The molecule has 0 saturated carbocycles. The quantitative estimate of drug-likeness (QED) is 0.823. The highest BCUT2D eigenvalue weighted by molar-refractivity contribution is 5.79. The fourth-order valence-corrected chi connectivity index (χ4v) is 1.89. The summed E-state index contributed by atoms with van der Waals surface area (Å²) in [6.07, 6.45) is 2.29. The maximum Gasteiger partial charge on any atom is 0.251 e. The minimum atomic E-state index is -0.426. The number of anilines is 1. The lowest BCUT2D eigenvalue weighted by atomic mass is 10.2. The van der Waals surface area contributed by atoms with Gasteiger partial charge in [-0.15, -0.1) is 0 Å². The van der Waals surface area contributed by atoms with Gasteiger partial charge in [0.15, 0.2) is 0 Å². The van der Waals surface area contributed by atoms with Crippen LogP contribution in [0.3, 0.4) is 0 Å². The van der Waals surface area contributed by atoms with Crippen molar-refractivity contribution in [1.29, 1.82) is 0 Å². The molecular weight excluding hydrogens is 270 g/mol. The van der Waals surface area contributed by atoms with Crippen molar-refractivity contribution >= 4 is 11.7 Å². The van der Waals surface area contributed by atoms with Crippen LogP contribution in [0.1, 0.15) is 12.6 Å². The van der Waals surface area contributed by atoms with Gasteiger partial charge in [-0.05, 0) is 18.6 Å². The van der Waals surface area contributed by atoms with Crippen LogP contribution in [0.4, 0.5) is 5.82 Å². The molecule has 2 aromatic rings. The van der Waals surface area contributed by atoms with Crippen molar-refractivity contribution in [3.05, 3.63) is 40.4 Å². The Morgan fingerprint density at radius 2 is 2.19 bits per heavy atom. The summed E-state index contributed by atoms with van der Waals surface area (Å²) in [5.74, 6) is 0.674. The zero-order chi connectivity index (χ0) is 15.4. The topological polar surface area (TPSA) is 105 Å². The number of H-pyrrole nitrogens is 1. The number of rotatable bonds is 5. The molecule has 0 radical (unpaired) electrons. The third-order valence-corrected chi connectivity index (χ3v) is 2.96. The predicted molar refractivity (Wildman–Crippen MR) is 79.9 cm³/mol. The summed E-state index contributed by atoms with van der Waals surface area (Å²) in [6, 6.07) is 5.01. The molecule has 2 aromatic heterocycles. The zero-order valence-corrected chi connectivity index (χ0v) is 12.0. The molecule has 0 saturated heterocycles. The standard InChI is InChI=1S/C14H17N5O2/c1-3-10-6-13(21)18-14(17-10)9-4-5-12(16-7-9)19(2)8-11(15)20/h4-7H,3,8H2,1-2H3,(H2,15,20)(H,17,18,21). The van der Waals surface area contributed by atoms with Crippen molar-refractivity contribution in [2.45, 2.75) is 13.3 Å². The van der Waals surface area contributed by atoms with Crippen LogP contribution in [0, 0.1) is 0 Å². The Balaban J connectivity index is 2.28. The van der Waals surface area contributed by atoms with Crippen molar-refractivity contribution in [3.63, 3.8) is 0 Å². The van der Waals surface area contributed by atoms with Gasteiger partial charge in [0, 0.05) is 30.6 Å². The first-order valence-electron chi connectivity index (χ1n) is 6.55. The number of pyridine rings is 1. The van der Waals surface area contributed by atoms with Gasteiger partial charge in [-0.3, -0.25) is 9.59 Å². The summed E-state index contributed by atoms with van der Waals surface area (Å²) in [4.78, 5) is 35.4. The van der Waals surface area contributed by atoms with E-state index in [0.717, 1.165) is 5.69 Å². The summed E-state index contributed by atoms with van der Waals surface area (Å²) >= 11 is 0. The van der Waals surface area contributed by atoms with Crippen molar-refractivity contribution in [2.75, 3.05) is 18.5 Å². The van der Waals surface area contributed by atoms with Gasteiger partial charge in [-0.1, -0.05) is 6.92 Å². The lowest BCUT2D eigenvalue weighted by Gasteiger charge is -2.15. The number of aromatic amines is 1. The third-order valence-electron chi connectivity index (χ3n) is 2.96. The highest BCUT2D eigenvalue weighted by Gasteiger charge is 2.08. The van der Waals surface area contributed by atoms with E-state index in [2.05, 4.69) is 15.0 Å². The number of carbonyl (C=O) groups excluding carboxylic acids is 1. The monoisotopic (exact) mass is 287 g/mol. The average Bonchev–Trinajstić information content (AvgIpc) is 2.46. The number of aromatic nitrogens is 3. The SMILES string of the molecule is CCc1cc(=O)[nH]c(-c2ccc(N(C)CC(N)=O)nc2)n1. The first-order valence-corrected chi connectivity index (χ1v) is 6.55. The van der Waals surface area contributed by atoms with Crippen molar-refractivity contribution in [1.82, 2.24) is 15.0 Å². The van der Waals surface area contributed by atoms with E-state index in [1.807, 2.05) is 6.92 Å². The molecule has 0 unspecified atom stereocenters. The van der Waals surface area contributed by atoms with Crippen LogP contribution < -0.4 is 16.2 Å². The number of primary amides is 1. The number of amides is 1. The molecular formula is C14H17N5O2. The number of hydrogen-bond donors (Lipinski definition) is 2. The molecule has 0 aliphatic rings. The van der Waals surface area contributed by atoms with Gasteiger partial charge in [0.25, 0.3) is 5.56 Å². The molecule has 2 heterocycles. The average molecular weight is 287 g/mol. The van der Waals surface area contributed by atoms with E-state index >= 15 is 0 Å². The fourth-order valence-electron chi connectivity index (χ4n) is 1.89. The second-order valence-corrected chi connectivity index (χ2v) is 4.67. The smallest absolute Gasteiger partial charge is 0.251 e. The van der Waals surface area contributed by atoms with E-state index in [0.29, 0.717) is 23.6 Å². The van der Waals surface area contributed by atoms with Crippen molar-refractivity contribution in [2.24, 2.45) is 5.73 Å². The molecule has 7 nitrogen and oxygen atoms in total. The lowest BCUT2D eigenvalue weighted by Crippen LogP contribution is -2.30. The van der Waals surface area contributed by atoms with E-state index in [9.17, 15) is 9.59 Å². The molecule has 1 amide bonds. The number of hydrogen-bond acceptors (Lipinski definition) is 5. The van der Waals surface area contributed by atoms with Gasteiger partial charge in [0.2, 0.25) is 5.91 Å². The van der Waals surface area contributed by atoms with E-state index in [1.165, 1.54) is 6.07 Å². The molecule has 7 heteroatoms. The van der Waals surface area contributed by atoms with Crippen LogP contribution in [-0.4, -0.2) is 34.5 Å². The molecule has 110 valence electrons. The van der Waals surface area contributed by atoms with Crippen molar-refractivity contribution < 1.29 is 4.79 Å². The van der Waals surface area contributed by atoms with Crippen LogP contribution in [-0.2, 0) is 11.2 Å². The Bertz CT molecular complexity index is 693. The molecule has 0 aliphatic carbocycles. The highest BCUT2D eigenvalue weighted by Crippen LogP contribution is 2.16. The number of likely N-dealkylation sites (N-methyl/N-ethyl adjacent to an activating group) is 1. The molecule has 3 N–H and O–H groups in total. The van der Waals surface area contributed by atoms with Gasteiger partial charge in [-0.25, -0.2) is 9.97 Å². The van der Waals surface area contributed by atoms with Gasteiger partial charge < -0.3 is 15.6 Å². The molecule has 0 aromatic carbocycles. The number of nitrogens with two attached hydrogens (primary N) is 1. The fraction of sp³-hybridized carbons (Fsp3) is 0.286. The first-order chi connectivity index (χ1) is 9.99. The van der Waals surface area contributed by atoms with E-state index in [-0.39, 0.29) is 12.1 Å². The summed E-state index contributed by atoms with van der Waals surface area (Å²) in [6.45, 7) is 2.03. The number of carbonyl (C=O) groups is 1. The summed E-state index contributed by atoms with van der Waals surface area (Å²) in [5.41, 5.74) is 6.39. The predicted octanol–water partition coefficient (Wildman–Crippen LogP) is 0.316. The van der Waals surface area contributed by atoms with Crippen LogP contribution >= 0.6 is 0 Å². The summed E-state index contributed by atoms with van der Waals surface area (Å²) < 4.78 is 0. The Morgan fingerprint density at radius 1 is 1.43 bits per heavy atom. The van der Waals surface area contributed by atoms with E-state index in [4.69, 9.17) is 5.73 Å². The molecule has 21 heavy (non-hydrogen) atoms. The summed E-state index contributed by atoms with van der Waals surface area (Å²) in [7, 11) is 1.73. The van der Waals surface area contributed by atoms with E-state index in [1.54, 1.807) is 30.3 Å². The summed E-state index contributed by atoms with van der Waals surface area (Å²) in [5, 5.41) is 0. The number of aryl methyl sites for hydroxylation is 1. The normalized spacial score (nSPS) is 10.4. The first kappa shape index (κ1) is 14.7. The van der Waals surface area contributed by atoms with Crippen LogP contribution in [0.5, 0.6) is 0 Å². The maximum atomic E-state index is 11.6. The Morgan fingerprint density at radius 3 is 2.76 bits per heavy atom. The molecule has 0 fully saturated rings. The minimum absolute atomic E-state index is 0.0900. The van der Waals surface area contributed by atoms with Crippen LogP contribution in [0.2, 0.25) is 0 Å². The molecule has 0 atom stereocenters. The lowest BCUT2D eigenvalue weighted by molar-refractivity contribution is -0.116. The van der Waals surface area contributed by atoms with Gasteiger partial charge in [0.1, 0.15) is 11.6 Å². The highest BCUT2D eigenvalue weighted by atomic mass is 16.1. The number of nitrogens with one attached hydrogen (secondary N) is 1. The van der Waals surface area contributed by atoms with Crippen molar-refractivity contribution in [3.8, 4) is 11.4 Å². The third kappa shape index (κ3) is 3.65. The van der Waals surface area contributed by atoms with Crippen LogP contribution in [0.15, 0.2) is 29.2 Å². The molecule has 2 rings (SSSR count). The second-order valence-electron chi connectivity index (χ2n) is 4.67. The Kier molecular flexibility index (Phi) is 4.32. The van der Waals surface area contributed by atoms with Crippen LogP contribution in [0.25, 0.3) is 11.4 Å². The molecule has 0 spiro atoms. The zero-order valence-electron chi connectivity index (χ0n) is 12.0. The Labute approximate surface area is 121 Å². The maximum absolute atomic E-state index is 11.6. The van der Waals surface area contributed by atoms with E-state index < -0.39 is 5.91 Å². The molecule has 0 aliphatic heterocycles. The second kappa shape index (κ2) is 6.17. The minimum Gasteiger partial charge on any atom is -0.368 e. The van der Waals surface area contributed by atoms with Gasteiger partial charge >= 0.3 is 0 Å². The Hall–Kier alpha value is -2.70.